The zero-order chi connectivity index (χ0) is 18.6. The number of hydrogen-bond donors (Lipinski definition) is 0. The Bertz CT molecular complexity index is 949. The van der Waals surface area contributed by atoms with Crippen LogP contribution in [0.25, 0.3) is 0 Å². The van der Waals surface area contributed by atoms with Gasteiger partial charge in [0.1, 0.15) is 17.3 Å². The van der Waals surface area contributed by atoms with Crippen LogP contribution in [0.3, 0.4) is 0 Å². The van der Waals surface area contributed by atoms with Crippen LogP contribution in [-0.2, 0) is 19.6 Å². The largest absolute Gasteiger partial charge is 0.489 e. The first-order valence-corrected chi connectivity index (χ1v) is 9.74. The van der Waals surface area contributed by atoms with Gasteiger partial charge in [0.15, 0.2) is 0 Å². The third-order valence-corrected chi connectivity index (χ3v) is 5.50. The Kier molecular flexibility index (Phi) is 5.21. The number of aryl methyl sites for hydroxylation is 1. The molecule has 0 radical (unpaired) electrons. The summed E-state index contributed by atoms with van der Waals surface area (Å²) < 4.78 is 5.92. The monoisotopic (exact) mass is 373 g/mol. The first-order chi connectivity index (χ1) is 13.2. The summed E-state index contributed by atoms with van der Waals surface area (Å²) in [6.07, 6.45) is 1.05. The third-order valence-electron chi connectivity index (χ3n) is 5.01. The fraction of sp³-hybridized carbons (Fsp3) is 0.208. The summed E-state index contributed by atoms with van der Waals surface area (Å²) in [5.41, 5.74) is 6.33. The number of thiocarbonyl (C=S) groups is 1. The van der Waals surface area contributed by atoms with Crippen molar-refractivity contribution in [3.8, 4) is 5.75 Å². The Hall–Kier alpha value is -2.65. The Morgan fingerprint density at radius 3 is 2.52 bits per heavy atom. The lowest BCUT2D eigenvalue weighted by Crippen LogP contribution is -2.35. The summed E-state index contributed by atoms with van der Waals surface area (Å²) in [6.45, 7) is 4.54. The molecular weight excluding hydrogens is 350 g/mol. The highest BCUT2D eigenvalue weighted by Crippen LogP contribution is 2.22. The molecular formula is C24H23NOS. The van der Waals surface area contributed by atoms with E-state index in [2.05, 4.69) is 72.5 Å². The minimum Gasteiger partial charge on any atom is -0.489 e. The second-order valence-corrected chi connectivity index (χ2v) is 7.43. The van der Waals surface area contributed by atoms with Crippen molar-refractivity contribution in [2.45, 2.75) is 26.5 Å². The van der Waals surface area contributed by atoms with E-state index >= 15 is 0 Å². The molecule has 0 aromatic heterocycles. The number of nitrogens with zero attached hydrogens (tertiary/aromatic N) is 1. The molecule has 0 saturated carbocycles. The highest BCUT2D eigenvalue weighted by atomic mass is 32.1. The highest BCUT2D eigenvalue weighted by Gasteiger charge is 2.18. The van der Waals surface area contributed by atoms with E-state index in [4.69, 9.17) is 17.0 Å². The molecule has 1 aliphatic rings. The third kappa shape index (κ3) is 4.20. The van der Waals surface area contributed by atoms with Gasteiger partial charge in [0.25, 0.3) is 0 Å². The molecule has 0 fully saturated rings. The van der Waals surface area contributed by atoms with Crippen molar-refractivity contribution in [2.24, 2.45) is 0 Å². The van der Waals surface area contributed by atoms with Gasteiger partial charge in [0, 0.05) is 18.7 Å². The maximum absolute atomic E-state index is 5.92. The fourth-order valence-corrected chi connectivity index (χ4v) is 3.81. The summed E-state index contributed by atoms with van der Waals surface area (Å²) >= 11 is 5.75. The number of ether oxygens (including phenoxy) is 1. The van der Waals surface area contributed by atoms with Crippen LogP contribution in [0, 0.1) is 6.92 Å². The van der Waals surface area contributed by atoms with Gasteiger partial charge >= 0.3 is 0 Å². The van der Waals surface area contributed by atoms with Crippen LogP contribution in [0.4, 0.5) is 0 Å². The summed E-state index contributed by atoms with van der Waals surface area (Å²) in [6, 6.07) is 25.2. The molecule has 0 unspecified atom stereocenters. The molecule has 0 amide bonds. The second-order valence-electron chi connectivity index (χ2n) is 7.05. The summed E-state index contributed by atoms with van der Waals surface area (Å²) in [7, 11) is 0. The van der Waals surface area contributed by atoms with Crippen molar-refractivity contribution >= 4 is 17.2 Å². The maximum atomic E-state index is 5.92. The smallest absolute Gasteiger partial charge is 0.119 e. The maximum Gasteiger partial charge on any atom is 0.119 e. The molecule has 27 heavy (non-hydrogen) atoms. The van der Waals surface area contributed by atoms with E-state index < -0.39 is 0 Å². The van der Waals surface area contributed by atoms with E-state index in [1.807, 2.05) is 12.1 Å². The molecule has 0 bridgehead atoms. The van der Waals surface area contributed by atoms with E-state index in [0.717, 1.165) is 35.8 Å². The van der Waals surface area contributed by atoms with E-state index in [1.165, 1.54) is 22.3 Å². The van der Waals surface area contributed by atoms with Gasteiger partial charge in [-0.3, -0.25) is 0 Å². The Balaban J connectivity index is 1.39. The number of benzene rings is 3. The van der Waals surface area contributed by atoms with Gasteiger partial charge in [0.2, 0.25) is 0 Å². The molecule has 4 rings (SSSR count). The second kappa shape index (κ2) is 7.93. The van der Waals surface area contributed by atoms with Crippen LogP contribution < -0.4 is 4.74 Å². The Morgan fingerprint density at radius 2 is 1.74 bits per heavy atom. The number of fused-ring (bicyclic) bond motifs is 1. The molecule has 3 aromatic rings. The lowest BCUT2D eigenvalue weighted by atomic mass is 9.99. The average molecular weight is 374 g/mol. The van der Waals surface area contributed by atoms with Gasteiger partial charge in [-0.1, -0.05) is 66.3 Å². The van der Waals surface area contributed by atoms with Gasteiger partial charge in [-0.05, 0) is 54.3 Å². The van der Waals surface area contributed by atoms with Gasteiger partial charge in [0.05, 0.1) is 0 Å². The highest BCUT2D eigenvalue weighted by molar-refractivity contribution is 7.80. The average Bonchev–Trinajstić information content (AvgIpc) is 2.72. The van der Waals surface area contributed by atoms with Crippen molar-refractivity contribution in [1.82, 2.24) is 4.90 Å². The molecule has 1 aliphatic heterocycles. The normalized spacial score (nSPS) is 13.1. The topological polar surface area (TPSA) is 12.5 Å². The first-order valence-electron chi connectivity index (χ1n) is 9.33. The van der Waals surface area contributed by atoms with Crippen LogP contribution in [0.2, 0.25) is 0 Å². The van der Waals surface area contributed by atoms with Gasteiger partial charge in [-0.25, -0.2) is 0 Å². The van der Waals surface area contributed by atoms with E-state index in [9.17, 15) is 0 Å². The zero-order valence-corrected chi connectivity index (χ0v) is 16.3. The minimum absolute atomic E-state index is 0.578. The van der Waals surface area contributed by atoms with Crippen molar-refractivity contribution in [3.05, 3.63) is 101 Å². The molecule has 3 aromatic carbocycles. The molecule has 0 saturated heterocycles. The van der Waals surface area contributed by atoms with E-state index in [1.54, 1.807) is 0 Å². The van der Waals surface area contributed by atoms with Gasteiger partial charge in [-0.2, -0.15) is 0 Å². The van der Waals surface area contributed by atoms with E-state index in [-0.39, 0.29) is 0 Å². The molecule has 0 atom stereocenters. The Labute approximate surface area is 166 Å². The summed E-state index contributed by atoms with van der Waals surface area (Å²) in [5.74, 6) is 0.868. The zero-order valence-electron chi connectivity index (χ0n) is 15.5. The van der Waals surface area contributed by atoms with Gasteiger partial charge in [-0.15, -0.1) is 0 Å². The first kappa shape index (κ1) is 17.7. The molecule has 3 heteroatoms. The molecule has 0 aliphatic carbocycles. The summed E-state index contributed by atoms with van der Waals surface area (Å²) in [4.78, 5) is 3.20. The molecule has 0 spiro atoms. The SMILES string of the molecule is Cc1cccc(COc2ccc(C(=S)N3CCc4ccccc4C3)cc2)c1. The van der Waals surface area contributed by atoms with Gasteiger partial charge < -0.3 is 9.64 Å². The van der Waals surface area contributed by atoms with Crippen molar-refractivity contribution < 1.29 is 4.74 Å². The molecule has 136 valence electrons. The molecule has 1 heterocycles. The molecule has 0 N–H and O–H groups in total. The van der Waals surface area contributed by atoms with Crippen molar-refractivity contribution in [3.63, 3.8) is 0 Å². The standard InChI is InChI=1S/C24H23NOS/c1-18-5-4-6-19(15-18)17-26-23-11-9-21(10-12-23)24(27)25-14-13-20-7-2-3-8-22(20)16-25/h2-12,15H,13-14,16-17H2,1H3. The number of hydrogen-bond acceptors (Lipinski definition) is 2. The van der Waals surface area contributed by atoms with Crippen LogP contribution in [0.15, 0.2) is 72.8 Å². The predicted octanol–water partition coefficient (Wildman–Crippen LogP) is 5.31. The predicted molar refractivity (Wildman–Crippen MR) is 114 cm³/mol. The fourth-order valence-electron chi connectivity index (χ4n) is 3.51. The van der Waals surface area contributed by atoms with Crippen LogP contribution in [0.1, 0.15) is 27.8 Å². The lowest BCUT2D eigenvalue weighted by Gasteiger charge is -2.31. The quantitative estimate of drug-likeness (QED) is 0.575. The van der Waals surface area contributed by atoms with Crippen LogP contribution in [0.5, 0.6) is 5.75 Å². The van der Waals surface area contributed by atoms with Crippen molar-refractivity contribution in [1.29, 1.82) is 0 Å². The van der Waals surface area contributed by atoms with Crippen LogP contribution in [-0.4, -0.2) is 16.4 Å². The lowest BCUT2D eigenvalue weighted by molar-refractivity contribution is 0.306. The van der Waals surface area contributed by atoms with Crippen molar-refractivity contribution in [2.75, 3.05) is 6.54 Å². The summed E-state index contributed by atoms with van der Waals surface area (Å²) in [5, 5.41) is 0. The Morgan fingerprint density at radius 1 is 0.963 bits per heavy atom. The minimum atomic E-state index is 0.578. The number of rotatable bonds is 4. The molecule has 2 nitrogen and oxygen atoms in total. The van der Waals surface area contributed by atoms with E-state index in [0.29, 0.717) is 6.61 Å². The van der Waals surface area contributed by atoms with Crippen LogP contribution >= 0.6 is 12.2 Å².